The summed E-state index contributed by atoms with van der Waals surface area (Å²) in [5.74, 6) is 0. The third-order valence-corrected chi connectivity index (χ3v) is 3.51. The summed E-state index contributed by atoms with van der Waals surface area (Å²) >= 11 is 0. The van der Waals surface area contributed by atoms with E-state index in [0.29, 0.717) is 0 Å². The van der Waals surface area contributed by atoms with Gasteiger partial charge in [0.1, 0.15) is 0 Å². The SMILES string of the molecule is CC(C)NS(=O)(=O)C1CC1. The van der Waals surface area contributed by atoms with Crippen LogP contribution in [0.5, 0.6) is 0 Å². The van der Waals surface area contributed by atoms with Crippen molar-refractivity contribution in [2.45, 2.75) is 38.0 Å². The van der Waals surface area contributed by atoms with Gasteiger partial charge in [0.05, 0.1) is 5.25 Å². The van der Waals surface area contributed by atoms with Gasteiger partial charge in [-0.1, -0.05) is 0 Å². The lowest BCUT2D eigenvalue weighted by molar-refractivity contribution is 0.568. The third kappa shape index (κ3) is 1.95. The van der Waals surface area contributed by atoms with Crippen LogP contribution in [0.2, 0.25) is 0 Å². The van der Waals surface area contributed by atoms with E-state index in [1.807, 2.05) is 13.8 Å². The summed E-state index contributed by atoms with van der Waals surface area (Å²) in [4.78, 5) is 0. The maximum absolute atomic E-state index is 11.1. The van der Waals surface area contributed by atoms with Crippen molar-refractivity contribution >= 4 is 10.0 Å². The fourth-order valence-corrected chi connectivity index (χ4v) is 2.41. The quantitative estimate of drug-likeness (QED) is 0.657. The summed E-state index contributed by atoms with van der Waals surface area (Å²) in [6.07, 6.45) is 1.67. The molecule has 0 bridgehead atoms. The molecule has 0 atom stereocenters. The second-order valence-corrected chi connectivity index (χ2v) is 5.01. The van der Waals surface area contributed by atoms with Crippen LogP contribution in [0.3, 0.4) is 0 Å². The first-order valence-electron chi connectivity index (χ1n) is 3.53. The average molecular weight is 163 g/mol. The number of sulfonamides is 1. The van der Waals surface area contributed by atoms with Crippen molar-refractivity contribution in [3.63, 3.8) is 0 Å². The van der Waals surface area contributed by atoms with Crippen molar-refractivity contribution in [3.05, 3.63) is 0 Å². The Labute approximate surface area is 61.9 Å². The van der Waals surface area contributed by atoms with Crippen molar-refractivity contribution in [2.24, 2.45) is 0 Å². The fourth-order valence-electron chi connectivity index (χ4n) is 0.803. The lowest BCUT2D eigenvalue weighted by atomic mass is 10.4. The molecule has 0 aromatic carbocycles. The van der Waals surface area contributed by atoms with E-state index in [0.717, 1.165) is 12.8 Å². The highest BCUT2D eigenvalue weighted by Crippen LogP contribution is 2.27. The van der Waals surface area contributed by atoms with E-state index in [1.165, 1.54) is 0 Å². The van der Waals surface area contributed by atoms with Gasteiger partial charge in [0.25, 0.3) is 0 Å². The molecule has 1 N–H and O–H groups in total. The minimum atomic E-state index is -2.94. The predicted octanol–water partition coefficient (Wildman–Crippen LogP) is 0.477. The van der Waals surface area contributed by atoms with Crippen LogP contribution in [0.15, 0.2) is 0 Å². The number of hydrogen-bond donors (Lipinski definition) is 1. The van der Waals surface area contributed by atoms with Crippen LogP contribution in [0.25, 0.3) is 0 Å². The van der Waals surface area contributed by atoms with Gasteiger partial charge in [-0.25, -0.2) is 13.1 Å². The molecule has 1 rings (SSSR count). The van der Waals surface area contributed by atoms with E-state index in [1.54, 1.807) is 0 Å². The van der Waals surface area contributed by atoms with Gasteiger partial charge in [-0.2, -0.15) is 0 Å². The molecule has 0 aromatic heterocycles. The molecular weight excluding hydrogens is 150 g/mol. The molecule has 1 fully saturated rings. The molecule has 0 aliphatic heterocycles. The Balaban J connectivity index is 2.51. The van der Waals surface area contributed by atoms with Gasteiger partial charge in [-0.05, 0) is 26.7 Å². The van der Waals surface area contributed by atoms with Gasteiger partial charge in [0.2, 0.25) is 10.0 Å². The van der Waals surface area contributed by atoms with Crippen molar-refractivity contribution < 1.29 is 8.42 Å². The first-order valence-corrected chi connectivity index (χ1v) is 5.08. The molecule has 1 aliphatic carbocycles. The normalized spacial score (nSPS) is 19.9. The summed E-state index contributed by atoms with van der Waals surface area (Å²) in [6, 6.07) is 0.0330. The van der Waals surface area contributed by atoms with E-state index >= 15 is 0 Å². The summed E-state index contributed by atoms with van der Waals surface area (Å²) in [5.41, 5.74) is 0. The van der Waals surface area contributed by atoms with Crippen LogP contribution in [0.4, 0.5) is 0 Å². The van der Waals surface area contributed by atoms with Crippen LogP contribution in [0, 0.1) is 0 Å². The van der Waals surface area contributed by atoms with Crippen LogP contribution in [-0.4, -0.2) is 19.7 Å². The van der Waals surface area contributed by atoms with E-state index < -0.39 is 10.0 Å². The summed E-state index contributed by atoms with van der Waals surface area (Å²) in [6.45, 7) is 3.67. The predicted molar refractivity (Wildman–Crippen MR) is 40.2 cm³/mol. The van der Waals surface area contributed by atoms with Gasteiger partial charge < -0.3 is 0 Å². The maximum atomic E-state index is 11.1. The highest BCUT2D eigenvalue weighted by molar-refractivity contribution is 7.90. The minimum absolute atomic E-state index is 0.0330. The third-order valence-electron chi connectivity index (χ3n) is 1.36. The highest BCUT2D eigenvalue weighted by Gasteiger charge is 2.35. The second kappa shape index (κ2) is 2.51. The first kappa shape index (κ1) is 8.01. The Morgan fingerprint density at radius 3 is 2.20 bits per heavy atom. The minimum Gasteiger partial charge on any atom is -0.212 e. The van der Waals surface area contributed by atoms with Gasteiger partial charge in [0, 0.05) is 6.04 Å². The average Bonchev–Trinajstić information content (AvgIpc) is 2.35. The molecule has 0 saturated heterocycles. The maximum Gasteiger partial charge on any atom is 0.214 e. The van der Waals surface area contributed by atoms with Crippen molar-refractivity contribution in [3.8, 4) is 0 Å². The Morgan fingerprint density at radius 2 is 1.90 bits per heavy atom. The number of nitrogens with one attached hydrogen (secondary N) is 1. The van der Waals surface area contributed by atoms with Gasteiger partial charge in [0.15, 0.2) is 0 Å². The van der Waals surface area contributed by atoms with E-state index in [9.17, 15) is 8.42 Å². The molecule has 3 nitrogen and oxygen atoms in total. The zero-order valence-electron chi connectivity index (χ0n) is 6.29. The molecule has 1 saturated carbocycles. The smallest absolute Gasteiger partial charge is 0.212 e. The molecule has 0 unspecified atom stereocenters. The summed E-state index contributed by atoms with van der Waals surface area (Å²) < 4.78 is 24.7. The highest BCUT2D eigenvalue weighted by atomic mass is 32.2. The lowest BCUT2D eigenvalue weighted by Crippen LogP contribution is -2.32. The fraction of sp³-hybridized carbons (Fsp3) is 1.00. The second-order valence-electron chi connectivity index (χ2n) is 3.02. The molecule has 4 heteroatoms. The van der Waals surface area contributed by atoms with E-state index in [4.69, 9.17) is 0 Å². The van der Waals surface area contributed by atoms with Crippen LogP contribution < -0.4 is 4.72 Å². The Kier molecular flexibility index (Phi) is 2.01. The molecule has 10 heavy (non-hydrogen) atoms. The molecule has 0 radical (unpaired) electrons. The van der Waals surface area contributed by atoms with Crippen molar-refractivity contribution in [1.29, 1.82) is 0 Å². The van der Waals surface area contributed by atoms with Crippen LogP contribution in [-0.2, 0) is 10.0 Å². The molecular formula is C6H13NO2S. The monoisotopic (exact) mass is 163 g/mol. The lowest BCUT2D eigenvalue weighted by Gasteiger charge is -2.07. The van der Waals surface area contributed by atoms with E-state index in [2.05, 4.69) is 4.72 Å². The summed E-state index contributed by atoms with van der Waals surface area (Å²) in [7, 11) is -2.94. The van der Waals surface area contributed by atoms with Crippen molar-refractivity contribution in [2.75, 3.05) is 0 Å². The number of rotatable bonds is 3. The van der Waals surface area contributed by atoms with Gasteiger partial charge in [-0.3, -0.25) is 0 Å². The zero-order valence-corrected chi connectivity index (χ0v) is 7.11. The standard InChI is InChI=1S/C6H13NO2S/c1-5(2)7-10(8,9)6-3-4-6/h5-7H,3-4H2,1-2H3. The van der Waals surface area contributed by atoms with Crippen LogP contribution >= 0.6 is 0 Å². The molecule has 1 aliphatic rings. The van der Waals surface area contributed by atoms with Crippen LogP contribution in [0.1, 0.15) is 26.7 Å². The molecule has 0 spiro atoms. The summed E-state index contributed by atoms with van der Waals surface area (Å²) in [5, 5.41) is -0.0881. The molecule has 0 amide bonds. The van der Waals surface area contributed by atoms with Gasteiger partial charge in [-0.15, -0.1) is 0 Å². The first-order chi connectivity index (χ1) is 4.52. The zero-order chi connectivity index (χ0) is 7.78. The Morgan fingerprint density at radius 1 is 1.40 bits per heavy atom. The van der Waals surface area contributed by atoms with E-state index in [-0.39, 0.29) is 11.3 Å². The van der Waals surface area contributed by atoms with Crippen molar-refractivity contribution in [1.82, 2.24) is 4.72 Å². The number of hydrogen-bond acceptors (Lipinski definition) is 2. The van der Waals surface area contributed by atoms with Gasteiger partial charge >= 0.3 is 0 Å². The molecule has 0 aromatic rings. The Hall–Kier alpha value is -0.0900. The topological polar surface area (TPSA) is 46.2 Å². The Bertz CT molecular complexity index is 204. The largest absolute Gasteiger partial charge is 0.214 e. The molecule has 60 valence electrons. The molecule has 0 heterocycles.